The number of nitrogens with two attached hydrogens (primary N) is 1. The summed E-state index contributed by atoms with van der Waals surface area (Å²) in [4.78, 5) is 30.0. The minimum Gasteiger partial charge on any atom is -0.352 e. The second-order valence-electron chi connectivity index (χ2n) is 4.90. The molecule has 7 nitrogen and oxygen atoms in total. The Bertz CT molecular complexity index is 416. The van der Waals surface area contributed by atoms with Gasteiger partial charge >= 0.3 is 6.03 Å². The van der Waals surface area contributed by atoms with Gasteiger partial charge in [0.05, 0.1) is 6.04 Å². The lowest BCUT2D eigenvalue weighted by atomic mass is 10.0. The monoisotopic (exact) mass is 267 g/mol. The van der Waals surface area contributed by atoms with Crippen molar-refractivity contribution in [3.8, 4) is 0 Å². The molecule has 1 aromatic rings. The highest BCUT2D eigenvalue weighted by Gasteiger charge is 2.23. The number of aromatic amines is 1. The van der Waals surface area contributed by atoms with Crippen molar-refractivity contribution in [3.63, 3.8) is 0 Å². The lowest BCUT2D eigenvalue weighted by molar-refractivity contribution is -0.124. The van der Waals surface area contributed by atoms with Crippen LogP contribution in [-0.4, -0.2) is 27.9 Å². The van der Waals surface area contributed by atoms with E-state index < -0.39 is 12.1 Å². The summed E-state index contributed by atoms with van der Waals surface area (Å²) < 4.78 is 0. The van der Waals surface area contributed by atoms with Gasteiger partial charge in [0.1, 0.15) is 11.9 Å². The zero-order chi connectivity index (χ0) is 14.4. The smallest absolute Gasteiger partial charge is 0.312 e. The van der Waals surface area contributed by atoms with Crippen LogP contribution in [0.25, 0.3) is 0 Å². The molecule has 2 unspecified atom stereocenters. The Morgan fingerprint density at radius 1 is 1.37 bits per heavy atom. The van der Waals surface area contributed by atoms with Gasteiger partial charge in [-0.2, -0.15) is 0 Å². The molecule has 0 radical (unpaired) electrons. The average Bonchev–Trinajstić information content (AvgIpc) is 2.79. The third-order valence-electron chi connectivity index (χ3n) is 2.63. The average molecular weight is 267 g/mol. The number of carbonyl (C=O) groups is 2. The molecule has 1 heterocycles. The molecular weight excluding hydrogens is 246 g/mol. The van der Waals surface area contributed by atoms with Crippen LogP contribution in [0.15, 0.2) is 12.4 Å². The summed E-state index contributed by atoms with van der Waals surface area (Å²) >= 11 is 0. The molecule has 0 fully saturated rings. The van der Waals surface area contributed by atoms with Crippen LogP contribution in [0.5, 0.6) is 0 Å². The number of nitrogens with zero attached hydrogens (tertiary/aromatic N) is 1. The van der Waals surface area contributed by atoms with E-state index in [2.05, 4.69) is 20.6 Å². The summed E-state index contributed by atoms with van der Waals surface area (Å²) in [5.74, 6) is 0.661. The zero-order valence-electron chi connectivity index (χ0n) is 11.4. The number of hydrogen-bond acceptors (Lipinski definition) is 3. The normalized spacial score (nSPS) is 13.9. The summed E-state index contributed by atoms with van der Waals surface area (Å²) in [6, 6.07) is -1.59. The maximum Gasteiger partial charge on any atom is 0.312 e. The van der Waals surface area contributed by atoms with Crippen LogP contribution >= 0.6 is 0 Å². The molecule has 7 heteroatoms. The minimum atomic E-state index is -0.702. The molecule has 0 aromatic carbocycles. The van der Waals surface area contributed by atoms with Gasteiger partial charge in [-0.3, -0.25) is 4.79 Å². The predicted molar refractivity (Wildman–Crippen MR) is 71.1 cm³/mol. The van der Waals surface area contributed by atoms with Gasteiger partial charge in [-0.15, -0.1) is 0 Å². The Labute approximate surface area is 112 Å². The first kappa shape index (κ1) is 15.0. The molecule has 106 valence electrons. The van der Waals surface area contributed by atoms with Crippen molar-refractivity contribution in [2.75, 3.05) is 0 Å². The molecule has 0 aliphatic heterocycles. The van der Waals surface area contributed by atoms with E-state index in [0.29, 0.717) is 12.2 Å². The lowest BCUT2D eigenvalue weighted by Gasteiger charge is -2.21. The molecule has 0 bridgehead atoms. The highest BCUT2D eigenvalue weighted by molar-refractivity contribution is 5.86. The molecule has 1 rings (SSSR count). The number of aromatic nitrogens is 2. The van der Waals surface area contributed by atoms with Crippen LogP contribution in [0.1, 0.15) is 39.1 Å². The van der Waals surface area contributed by atoms with Gasteiger partial charge in [0, 0.05) is 12.4 Å². The van der Waals surface area contributed by atoms with Crippen LogP contribution in [0, 0.1) is 5.92 Å². The van der Waals surface area contributed by atoms with E-state index in [-0.39, 0.29) is 17.9 Å². The second kappa shape index (κ2) is 6.77. The van der Waals surface area contributed by atoms with E-state index in [0.717, 1.165) is 0 Å². The molecule has 0 aliphatic rings. The van der Waals surface area contributed by atoms with E-state index in [1.165, 1.54) is 0 Å². The maximum absolute atomic E-state index is 12.1. The Kier molecular flexibility index (Phi) is 5.35. The lowest BCUT2D eigenvalue weighted by Crippen LogP contribution is -2.49. The van der Waals surface area contributed by atoms with Gasteiger partial charge < -0.3 is 21.4 Å². The number of H-pyrrole nitrogens is 1. The number of rotatable bonds is 6. The molecule has 3 amide bonds. The Morgan fingerprint density at radius 2 is 2.05 bits per heavy atom. The van der Waals surface area contributed by atoms with Gasteiger partial charge in [0.2, 0.25) is 5.91 Å². The zero-order valence-corrected chi connectivity index (χ0v) is 11.4. The third-order valence-corrected chi connectivity index (χ3v) is 2.63. The third kappa shape index (κ3) is 4.99. The van der Waals surface area contributed by atoms with E-state index in [9.17, 15) is 9.59 Å². The molecule has 0 spiro atoms. The summed E-state index contributed by atoms with van der Waals surface area (Å²) in [6.45, 7) is 5.76. The first-order valence-electron chi connectivity index (χ1n) is 6.25. The van der Waals surface area contributed by atoms with Gasteiger partial charge in [-0.1, -0.05) is 13.8 Å². The van der Waals surface area contributed by atoms with Gasteiger partial charge in [0.25, 0.3) is 0 Å². The Balaban J connectivity index is 2.63. The van der Waals surface area contributed by atoms with Crippen LogP contribution in [-0.2, 0) is 4.79 Å². The number of imidazole rings is 1. The number of amides is 3. The van der Waals surface area contributed by atoms with Crippen molar-refractivity contribution in [3.05, 3.63) is 18.2 Å². The highest BCUT2D eigenvalue weighted by Crippen LogP contribution is 2.09. The van der Waals surface area contributed by atoms with E-state index >= 15 is 0 Å². The fourth-order valence-electron chi connectivity index (χ4n) is 1.77. The topological polar surface area (TPSA) is 113 Å². The van der Waals surface area contributed by atoms with Crippen molar-refractivity contribution < 1.29 is 9.59 Å². The van der Waals surface area contributed by atoms with Crippen LogP contribution in [0.2, 0.25) is 0 Å². The quantitative estimate of drug-likeness (QED) is 0.607. The van der Waals surface area contributed by atoms with Crippen LogP contribution in [0.3, 0.4) is 0 Å². The van der Waals surface area contributed by atoms with Crippen molar-refractivity contribution in [1.82, 2.24) is 20.6 Å². The van der Waals surface area contributed by atoms with E-state index in [1.54, 1.807) is 12.4 Å². The van der Waals surface area contributed by atoms with Crippen molar-refractivity contribution in [2.24, 2.45) is 11.7 Å². The fraction of sp³-hybridized carbons (Fsp3) is 0.583. The number of urea groups is 1. The molecule has 2 atom stereocenters. The van der Waals surface area contributed by atoms with E-state index in [4.69, 9.17) is 5.73 Å². The summed E-state index contributed by atoms with van der Waals surface area (Å²) in [5, 5.41) is 5.25. The first-order valence-corrected chi connectivity index (χ1v) is 6.25. The molecule has 0 saturated heterocycles. The first-order chi connectivity index (χ1) is 8.90. The standard InChI is InChI=1S/C12H21N5O2/c1-7(2)6-9(17-12(13)19)11(18)16-8(3)10-14-4-5-15-10/h4-5,7-9H,6H2,1-3H3,(H,14,15)(H,16,18)(H3,13,17,19). The molecular formula is C12H21N5O2. The van der Waals surface area contributed by atoms with Crippen LogP contribution in [0.4, 0.5) is 4.79 Å². The Morgan fingerprint density at radius 3 is 2.53 bits per heavy atom. The SMILES string of the molecule is CC(C)CC(NC(N)=O)C(=O)NC(C)c1ncc[nH]1. The summed E-state index contributed by atoms with van der Waals surface area (Å²) in [5.41, 5.74) is 5.08. The van der Waals surface area contributed by atoms with Crippen molar-refractivity contribution in [1.29, 1.82) is 0 Å². The number of carbonyl (C=O) groups excluding carboxylic acids is 2. The van der Waals surface area contributed by atoms with Gasteiger partial charge in [-0.25, -0.2) is 9.78 Å². The fourth-order valence-corrected chi connectivity index (χ4v) is 1.77. The highest BCUT2D eigenvalue weighted by atomic mass is 16.2. The largest absolute Gasteiger partial charge is 0.352 e. The summed E-state index contributed by atoms with van der Waals surface area (Å²) in [7, 11) is 0. The minimum absolute atomic E-state index is 0.258. The molecule has 0 aliphatic carbocycles. The molecule has 1 aromatic heterocycles. The van der Waals surface area contributed by atoms with E-state index in [1.807, 2.05) is 20.8 Å². The van der Waals surface area contributed by atoms with Crippen LogP contribution < -0.4 is 16.4 Å². The van der Waals surface area contributed by atoms with Crippen molar-refractivity contribution >= 4 is 11.9 Å². The molecule has 0 saturated carbocycles. The maximum atomic E-state index is 12.1. The number of hydrogen-bond donors (Lipinski definition) is 4. The number of nitrogens with one attached hydrogen (secondary N) is 3. The summed E-state index contributed by atoms with van der Waals surface area (Å²) in [6.07, 6.45) is 3.83. The van der Waals surface area contributed by atoms with Gasteiger partial charge in [0.15, 0.2) is 0 Å². The van der Waals surface area contributed by atoms with Gasteiger partial charge in [-0.05, 0) is 19.3 Å². The second-order valence-corrected chi connectivity index (χ2v) is 4.90. The Hall–Kier alpha value is -2.05. The predicted octanol–water partition coefficient (Wildman–Crippen LogP) is 0.670. The molecule has 19 heavy (non-hydrogen) atoms. The number of primary amides is 1. The van der Waals surface area contributed by atoms with Crippen molar-refractivity contribution in [2.45, 2.75) is 39.3 Å². The molecule has 5 N–H and O–H groups in total.